The third-order valence-corrected chi connectivity index (χ3v) is 6.64. The molecule has 2 aromatic rings. The number of carbonyl (C=O) groups is 4. The molecule has 0 fully saturated rings. The van der Waals surface area contributed by atoms with Crippen molar-refractivity contribution in [2.24, 2.45) is 23.5 Å². The van der Waals surface area contributed by atoms with Gasteiger partial charge in [0, 0.05) is 12.3 Å². The van der Waals surface area contributed by atoms with Crippen molar-refractivity contribution in [1.82, 2.24) is 10.6 Å². The molecule has 4 N–H and O–H groups in total. The van der Waals surface area contributed by atoms with Gasteiger partial charge in [-0.2, -0.15) is 0 Å². The van der Waals surface area contributed by atoms with Crippen LogP contribution in [0.3, 0.4) is 0 Å². The fraction of sp³-hybridized carbons (Fsp3) is 0.500. The van der Waals surface area contributed by atoms with E-state index in [0.29, 0.717) is 12.8 Å². The molecular weight excluding hydrogens is 522 g/mol. The molecule has 0 aliphatic heterocycles. The SMILES string of the molecule is CCOC(=O)C[C@@H](CC(C)C)C(=O)N[C@H](Cc1ccc(-c2cccc(OC)c2)cc1)C(=O)N[C@@H](CC(C)C)C(N)=O. The van der Waals surface area contributed by atoms with Crippen molar-refractivity contribution in [1.29, 1.82) is 0 Å². The summed E-state index contributed by atoms with van der Waals surface area (Å²) in [5.74, 6) is -1.70. The number of methoxy groups -OCH3 is 1. The zero-order chi connectivity index (χ0) is 30.5. The molecule has 0 spiro atoms. The van der Waals surface area contributed by atoms with Crippen LogP contribution in [-0.2, 0) is 30.3 Å². The maximum atomic E-state index is 13.5. The van der Waals surface area contributed by atoms with E-state index in [2.05, 4.69) is 10.6 Å². The first-order valence-electron chi connectivity index (χ1n) is 14.2. The standard InChI is InChI=1S/C32H45N3O6/c1-7-41-29(36)19-25(15-20(2)3)31(38)35-28(32(39)34-27(30(33)37)16-21(4)5)17-22-11-13-23(14-12-22)24-9-8-10-26(18-24)40-6/h8-14,18,20-21,25,27-28H,7,15-17,19H2,1-6H3,(H2,33,37)(H,34,39)(H,35,38)/t25-,27+,28-/m1/s1. The summed E-state index contributed by atoms with van der Waals surface area (Å²) in [6, 6.07) is 13.5. The Balaban J connectivity index is 2.32. The molecule has 2 rings (SSSR count). The monoisotopic (exact) mass is 567 g/mol. The van der Waals surface area contributed by atoms with Crippen molar-refractivity contribution in [2.45, 2.75) is 72.4 Å². The predicted octanol–water partition coefficient (Wildman–Crippen LogP) is 4.02. The maximum Gasteiger partial charge on any atom is 0.306 e. The Morgan fingerprint density at radius 2 is 1.46 bits per heavy atom. The number of carbonyl (C=O) groups excluding carboxylic acids is 4. The number of hydrogen-bond acceptors (Lipinski definition) is 6. The Hall–Kier alpha value is -3.88. The minimum atomic E-state index is -0.990. The number of benzene rings is 2. The van der Waals surface area contributed by atoms with E-state index in [0.717, 1.165) is 22.4 Å². The van der Waals surface area contributed by atoms with Crippen LogP contribution in [0.1, 0.15) is 59.4 Å². The number of rotatable bonds is 16. The number of ether oxygens (including phenoxy) is 2. The van der Waals surface area contributed by atoms with E-state index in [1.807, 2.05) is 76.2 Å². The predicted molar refractivity (Wildman–Crippen MR) is 159 cm³/mol. The average molecular weight is 568 g/mol. The fourth-order valence-electron chi connectivity index (χ4n) is 4.63. The molecule has 0 aromatic heterocycles. The molecule has 0 heterocycles. The molecule has 9 heteroatoms. The number of nitrogens with two attached hydrogens (primary N) is 1. The molecule has 0 bridgehead atoms. The van der Waals surface area contributed by atoms with Gasteiger partial charge in [-0.3, -0.25) is 19.2 Å². The molecule has 41 heavy (non-hydrogen) atoms. The van der Waals surface area contributed by atoms with Crippen LogP contribution in [0.5, 0.6) is 5.75 Å². The van der Waals surface area contributed by atoms with Crippen molar-refractivity contribution < 1.29 is 28.7 Å². The third-order valence-electron chi connectivity index (χ3n) is 6.64. The summed E-state index contributed by atoms with van der Waals surface area (Å²) in [7, 11) is 1.62. The lowest BCUT2D eigenvalue weighted by molar-refractivity contribution is -0.147. The highest BCUT2D eigenvalue weighted by Gasteiger charge is 2.30. The lowest BCUT2D eigenvalue weighted by atomic mass is 9.92. The molecule has 0 saturated heterocycles. The molecule has 224 valence electrons. The van der Waals surface area contributed by atoms with Crippen LogP contribution in [0.25, 0.3) is 11.1 Å². The summed E-state index contributed by atoms with van der Waals surface area (Å²) in [6.07, 6.45) is 0.914. The zero-order valence-corrected chi connectivity index (χ0v) is 25.1. The third kappa shape index (κ3) is 11.3. The van der Waals surface area contributed by atoms with Gasteiger partial charge in [0.2, 0.25) is 17.7 Å². The summed E-state index contributed by atoms with van der Waals surface area (Å²) in [5.41, 5.74) is 8.32. The van der Waals surface area contributed by atoms with Gasteiger partial charge in [0.05, 0.1) is 20.1 Å². The Kier molecular flexibility index (Phi) is 13.3. The zero-order valence-electron chi connectivity index (χ0n) is 25.1. The van der Waals surface area contributed by atoms with Crippen molar-refractivity contribution in [3.63, 3.8) is 0 Å². The van der Waals surface area contributed by atoms with Crippen LogP contribution < -0.4 is 21.1 Å². The van der Waals surface area contributed by atoms with Gasteiger partial charge in [-0.05, 0) is 60.4 Å². The second-order valence-corrected chi connectivity index (χ2v) is 11.1. The second kappa shape index (κ2) is 16.4. The Morgan fingerprint density at radius 3 is 2.02 bits per heavy atom. The van der Waals surface area contributed by atoms with E-state index in [-0.39, 0.29) is 31.3 Å². The topological polar surface area (TPSA) is 137 Å². The Bertz CT molecular complexity index is 1160. The first-order chi connectivity index (χ1) is 19.4. The second-order valence-electron chi connectivity index (χ2n) is 11.1. The first-order valence-corrected chi connectivity index (χ1v) is 14.2. The average Bonchev–Trinajstić information content (AvgIpc) is 2.91. The molecule has 0 aliphatic rings. The Morgan fingerprint density at radius 1 is 0.829 bits per heavy atom. The normalized spacial score (nSPS) is 13.3. The molecule has 2 aromatic carbocycles. The summed E-state index contributed by atoms with van der Waals surface area (Å²) in [5, 5.41) is 5.58. The van der Waals surface area contributed by atoms with Gasteiger partial charge in [0.25, 0.3) is 0 Å². The van der Waals surface area contributed by atoms with Gasteiger partial charge in [0.1, 0.15) is 17.8 Å². The van der Waals surface area contributed by atoms with Gasteiger partial charge in [-0.15, -0.1) is 0 Å². The van der Waals surface area contributed by atoms with Crippen LogP contribution in [0.2, 0.25) is 0 Å². The van der Waals surface area contributed by atoms with Crippen LogP contribution in [0, 0.1) is 17.8 Å². The van der Waals surface area contributed by atoms with Gasteiger partial charge in [-0.1, -0.05) is 64.1 Å². The number of primary amides is 1. The number of esters is 1. The van der Waals surface area contributed by atoms with Crippen LogP contribution in [0.4, 0.5) is 0 Å². The fourth-order valence-corrected chi connectivity index (χ4v) is 4.63. The molecule has 3 amide bonds. The minimum absolute atomic E-state index is 0.0846. The van der Waals surface area contributed by atoms with Crippen molar-refractivity contribution in [2.75, 3.05) is 13.7 Å². The van der Waals surface area contributed by atoms with E-state index in [9.17, 15) is 19.2 Å². The van der Waals surface area contributed by atoms with Crippen molar-refractivity contribution >= 4 is 23.7 Å². The van der Waals surface area contributed by atoms with Gasteiger partial charge >= 0.3 is 5.97 Å². The quantitative estimate of drug-likeness (QED) is 0.262. The summed E-state index contributed by atoms with van der Waals surface area (Å²) in [4.78, 5) is 51.2. The highest BCUT2D eigenvalue weighted by Crippen LogP contribution is 2.24. The van der Waals surface area contributed by atoms with E-state index in [1.54, 1.807) is 14.0 Å². The number of amides is 3. The molecular formula is C32H45N3O6. The summed E-state index contributed by atoms with van der Waals surface area (Å²) < 4.78 is 10.4. The Labute approximate surface area is 243 Å². The number of nitrogens with one attached hydrogen (secondary N) is 2. The largest absolute Gasteiger partial charge is 0.497 e. The van der Waals surface area contributed by atoms with Crippen molar-refractivity contribution in [3.05, 3.63) is 54.1 Å². The summed E-state index contributed by atoms with van der Waals surface area (Å²) >= 11 is 0. The van der Waals surface area contributed by atoms with Crippen LogP contribution in [-0.4, -0.2) is 49.5 Å². The molecule has 0 aliphatic carbocycles. The van der Waals surface area contributed by atoms with Crippen LogP contribution in [0.15, 0.2) is 48.5 Å². The molecule has 0 saturated carbocycles. The van der Waals surface area contributed by atoms with E-state index < -0.39 is 41.7 Å². The smallest absolute Gasteiger partial charge is 0.306 e. The molecule has 3 atom stereocenters. The summed E-state index contributed by atoms with van der Waals surface area (Å²) in [6.45, 7) is 9.71. The van der Waals surface area contributed by atoms with Gasteiger partial charge < -0.3 is 25.8 Å². The lowest BCUT2D eigenvalue weighted by Crippen LogP contribution is -2.54. The molecule has 9 nitrogen and oxygen atoms in total. The highest BCUT2D eigenvalue weighted by atomic mass is 16.5. The molecule has 0 radical (unpaired) electrons. The highest BCUT2D eigenvalue weighted by molar-refractivity contribution is 5.93. The van der Waals surface area contributed by atoms with Crippen molar-refractivity contribution in [3.8, 4) is 16.9 Å². The van der Waals surface area contributed by atoms with E-state index >= 15 is 0 Å². The van der Waals surface area contributed by atoms with Gasteiger partial charge in [0.15, 0.2) is 0 Å². The lowest BCUT2D eigenvalue weighted by Gasteiger charge is -2.25. The molecule has 0 unspecified atom stereocenters. The van der Waals surface area contributed by atoms with Crippen LogP contribution >= 0.6 is 0 Å². The first kappa shape index (κ1) is 33.3. The van der Waals surface area contributed by atoms with Gasteiger partial charge in [-0.25, -0.2) is 0 Å². The number of hydrogen-bond donors (Lipinski definition) is 3. The van der Waals surface area contributed by atoms with E-state index in [1.165, 1.54) is 0 Å². The van der Waals surface area contributed by atoms with E-state index in [4.69, 9.17) is 15.2 Å². The maximum absolute atomic E-state index is 13.5. The minimum Gasteiger partial charge on any atom is -0.497 e.